The first-order valence-electron chi connectivity index (χ1n) is 20.4. The Balaban J connectivity index is -0.0000000628. The molecule has 0 radical (unpaired) electrons. The zero-order valence-corrected chi connectivity index (χ0v) is 37.4. The predicted octanol–water partition coefficient (Wildman–Crippen LogP) is 6.80. The Morgan fingerprint density at radius 1 is 0.761 bits per heavy atom. The van der Waals surface area contributed by atoms with Crippen LogP contribution in [-0.2, 0) is 50.7 Å². The van der Waals surface area contributed by atoms with Gasteiger partial charge in [0.15, 0.2) is 0 Å². The van der Waals surface area contributed by atoms with Crippen molar-refractivity contribution in [3.8, 4) is 154 Å². The molecule has 1 heterocycles. The van der Waals surface area contributed by atoms with Crippen molar-refractivity contribution in [2.45, 2.75) is 90.4 Å². The van der Waals surface area contributed by atoms with E-state index in [1.807, 2.05) is 48.6 Å². The number of terminal acetylenes is 1. The molecule has 6 N–H and O–H groups in total. The van der Waals surface area contributed by atoms with Crippen LogP contribution in [0.15, 0.2) is 54.6 Å². The van der Waals surface area contributed by atoms with Crippen molar-refractivity contribution in [2.75, 3.05) is 0 Å². The first-order valence-corrected chi connectivity index (χ1v) is 20.4. The van der Waals surface area contributed by atoms with Crippen LogP contribution in [0.25, 0.3) is 0 Å². The van der Waals surface area contributed by atoms with Gasteiger partial charge in [0, 0.05) is 100 Å². The fourth-order valence-electron chi connectivity index (χ4n) is 5.37. The van der Waals surface area contributed by atoms with E-state index in [4.69, 9.17) is 21.8 Å². The van der Waals surface area contributed by atoms with Gasteiger partial charge in [-0.1, -0.05) is 78.0 Å². The second kappa shape index (κ2) is 43.7. The van der Waals surface area contributed by atoms with E-state index < -0.39 is 36.1 Å². The van der Waals surface area contributed by atoms with Gasteiger partial charge >= 0.3 is 5.97 Å². The van der Waals surface area contributed by atoms with Gasteiger partial charge in [-0.05, 0) is 166 Å². The second-order valence-corrected chi connectivity index (χ2v) is 13.0. The highest BCUT2D eigenvalue weighted by Crippen LogP contribution is 2.36. The first-order chi connectivity index (χ1) is 34.2. The highest BCUT2D eigenvalue weighted by molar-refractivity contribution is 6.01. The number of aliphatic hydroxyl groups is 3. The Kier molecular flexibility index (Phi) is 38.3. The smallest absolute Gasteiger partial charge is 0.333 e. The molecule has 16 heteroatoms. The molecule has 1 aromatic rings. The summed E-state index contributed by atoms with van der Waals surface area (Å²) in [6.45, 7) is 1.69. The molecular weight excluding hydrogens is 913 g/mol. The number of allylic oxidation sites excluding steroid dienone is 2. The van der Waals surface area contributed by atoms with Crippen LogP contribution in [0.1, 0.15) is 92.7 Å². The molecule has 71 heavy (non-hydrogen) atoms. The summed E-state index contributed by atoms with van der Waals surface area (Å²) >= 11 is 0. The van der Waals surface area contributed by atoms with Crippen LogP contribution in [-0.4, -0.2) is 67.0 Å². The van der Waals surface area contributed by atoms with Gasteiger partial charge < -0.3 is 20.2 Å². The summed E-state index contributed by atoms with van der Waals surface area (Å²) in [4.78, 5) is 46.5. The third-order valence-corrected chi connectivity index (χ3v) is 8.31. The molecule has 3 rings (SSSR count). The lowest BCUT2D eigenvalue weighted by Crippen LogP contribution is -2.31. The lowest BCUT2D eigenvalue weighted by molar-refractivity contribution is -0.679. The molecule has 0 aromatic heterocycles. The van der Waals surface area contributed by atoms with Gasteiger partial charge in [0.05, 0.1) is 18.3 Å². The van der Waals surface area contributed by atoms with E-state index in [1.54, 1.807) is 13.0 Å². The number of nitrogens with one attached hydrogen (secondary N) is 1. The minimum Gasteiger partial charge on any atom is -0.393 e. The van der Waals surface area contributed by atoms with Crippen molar-refractivity contribution in [1.82, 2.24) is 10.7 Å². The maximum Gasteiger partial charge on any atom is 0.333 e. The molecule has 5 atom stereocenters. The summed E-state index contributed by atoms with van der Waals surface area (Å²) in [7, 11) is 0. The molecule has 16 nitrogen and oxygen atoms in total. The minimum absolute atomic E-state index is 0. The minimum atomic E-state index is -0.660. The first kappa shape index (κ1) is 62.2. The largest absolute Gasteiger partial charge is 0.393 e. The highest BCUT2D eigenvalue weighted by atomic mass is 17.7. The summed E-state index contributed by atoms with van der Waals surface area (Å²) in [6, 6.07) is 9.94. The Morgan fingerprint density at radius 3 is 1.75 bits per heavy atom. The molecule has 0 spiro atoms. The molecule has 1 aromatic carbocycles. The van der Waals surface area contributed by atoms with Crippen LogP contribution in [0.3, 0.4) is 0 Å². The lowest BCUT2D eigenvalue weighted by Gasteiger charge is -2.19. The molecule has 1 saturated carbocycles. The summed E-state index contributed by atoms with van der Waals surface area (Å²) in [5, 5.41) is 55.4. The SMILES string of the molecule is C.C#CC#CC#CC#CC#CC#CC#CC#CC#CC#CC#CC#CC#CC.O=C(CCC/C=C\C[C@@H]1[C@@H](/C=C/[C@@H](O)CCc2ccccc2)[C@H](O)C[C@@H]1O)ON1C(=O)CCC1=O.OOONOOOO.[HH].[HH].[HH].[HH].[HH].[HH].[HH].[HH].[HH].[HH].[HH].[HH].[HH].[HH].[HH]. The van der Waals surface area contributed by atoms with Gasteiger partial charge in [0.2, 0.25) is 0 Å². The number of imide groups is 1. The number of carbonyl (C=O) groups excluding carboxylic acids is 3. The highest BCUT2D eigenvalue weighted by Gasteiger charge is 2.39. The quantitative estimate of drug-likeness (QED) is 0.0236. The van der Waals surface area contributed by atoms with Crippen LogP contribution < -0.4 is 5.64 Å². The fourth-order valence-corrected chi connectivity index (χ4v) is 5.37. The number of hydroxylamine groups is 2. The van der Waals surface area contributed by atoms with Crippen LogP contribution in [0.5, 0.6) is 0 Å². The Labute approximate surface area is 436 Å². The van der Waals surface area contributed by atoms with Crippen LogP contribution >= 0.6 is 0 Å². The molecular formula is C55H76N2O14. The zero-order chi connectivity index (χ0) is 51.1. The number of aliphatic hydroxyl groups excluding tert-OH is 3. The normalized spacial score (nSPS) is 15.3. The van der Waals surface area contributed by atoms with E-state index in [-0.39, 0.29) is 59.9 Å². The van der Waals surface area contributed by atoms with Gasteiger partial charge in [-0.25, -0.2) is 15.3 Å². The molecule has 1 saturated heterocycles. The number of carbonyl (C=O) groups is 3. The molecule has 0 unspecified atom stereocenters. The maximum atomic E-state index is 11.8. The second-order valence-electron chi connectivity index (χ2n) is 13.0. The van der Waals surface area contributed by atoms with E-state index in [1.165, 1.54) is 5.64 Å². The number of nitrogens with zero attached hydrogens (tertiary/aromatic N) is 1. The van der Waals surface area contributed by atoms with Crippen molar-refractivity contribution in [3.63, 3.8) is 0 Å². The monoisotopic (exact) mass is 989 g/mol. The summed E-state index contributed by atoms with van der Waals surface area (Å²) in [5.41, 5.74) is 2.51. The van der Waals surface area contributed by atoms with Crippen molar-refractivity contribution in [2.24, 2.45) is 11.8 Å². The molecule has 1 aliphatic heterocycles. The number of hydrogen-bond donors (Lipinski definition) is 6. The van der Waals surface area contributed by atoms with Gasteiger partial charge in [0.25, 0.3) is 11.8 Å². The summed E-state index contributed by atoms with van der Waals surface area (Å²) in [6.07, 6.45) is 13.9. The maximum absolute atomic E-state index is 11.8. The third kappa shape index (κ3) is 33.3. The van der Waals surface area contributed by atoms with Crippen LogP contribution in [0, 0.1) is 166 Å². The van der Waals surface area contributed by atoms with Crippen molar-refractivity contribution < 1.29 is 91.5 Å². The van der Waals surface area contributed by atoms with Crippen molar-refractivity contribution in [3.05, 3.63) is 60.2 Å². The topological polar surface area (TPSA) is 223 Å². The van der Waals surface area contributed by atoms with E-state index >= 15 is 0 Å². The number of hydrogen-bond acceptors (Lipinski definition) is 15. The van der Waals surface area contributed by atoms with Crippen molar-refractivity contribution in [1.29, 1.82) is 0 Å². The predicted molar refractivity (Wildman–Crippen MR) is 288 cm³/mol. The van der Waals surface area contributed by atoms with Crippen LogP contribution in [0.4, 0.5) is 0 Å². The van der Waals surface area contributed by atoms with Gasteiger partial charge in [-0.2, -0.15) is 0 Å². The number of rotatable bonds is 17. The van der Waals surface area contributed by atoms with Gasteiger partial charge in [-0.3, -0.25) is 9.59 Å². The number of amides is 2. The van der Waals surface area contributed by atoms with E-state index in [9.17, 15) is 29.7 Å². The molecule has 2 aliphatic rings. The van der Waals surface area contributed by atoms with E-state index in [0.717, 1.165) is 12.0 Å². The molecule has 2 fully saturated rings. The number of unbranched alkanes of at least 4 members (excludes halogenated alkanes) is 1. The molecule has 0 bridgehead atoms. The average Bonchev–Trinajstić information content (AvgIpc) is 3.83. The Bertz CT molecular complexity index is 2830. The van der Waals surface area contributed by atoms with E-state index in [2.05, 4.69) is 173 Å². The molecule has 2 amide bonds. The lowest BCUT2D eigenvalue weighted by atomic mass is 9.89. The third-order valence-electron chi connectivity index (χ3n) is 8.31. The van der Waals surface area contributed by atoms with Gasteiger partial charge in [0.1, 0.15) is 0 Å². The van der Waals surface area contributed by atoms with E-state index in [0.29, 0.717) is 37.2 Å². The number of aryl methyl sites for hydroxylation is 1. The molecule has 390 valence electrons. The summed E-state index contributed by atoms with van der Waals surface area (Å²) < 4.78 is 0. The number of benzene rings is 1. The standard InChI is InChI=1S/C27H35NO7.C27H4.CH4.H3NO7.15H2/c29-20(13-12-19-8-4-3-5-9-19)14-15-22-21(23(30)18-24(22)31)10-6-1-2-7-11-27(34)35-28-25(32)16-17-26(28)33;1-3-5-7-9-11-13-15-17-19-21-23-25-27-26-24-22-20-18-16-14-12-10-8-6-4-2;;2-6-4-1-5-8-7-3;;;;;;;;;;;;;;;/h1,3-6,8-9,14-15,20-24,29-31H,2,7,10-13,16-18H2;1H,2H3;1H4;1-3H;15*1H/b6-1-,15-14+;;;;;;;;;;;;;;;;;;/t20-,21+,22+,23-,24+;;;;;;;;;;;;;;;;;;/m0................../s1. The van der Waals surface area contributed by atoms with Crippen molar-refractivity contribution >= 4 is 17.8 Å². The zero-order valence-electron chi connectivity index (χ0n) is 37.4. The Hall–Kier alpha value is -8.85. The van der Waals surface area contributed by atoms with Crippen LogP contribution in [0.2, 0.25) is 0 Å². The average molecular weight is 989 g/mol. The van der Waals surface area contributed by atoms with Gasteiger partial charge in [-0.15, -0.1) is 11.5 Å². The Morgan fingerprint density at radius 2 is 1.27 bits per heavy atom. The molecule has 1 aliphatic carbocycles. The summed E-state index contributed by atoms with van der Waals surface area (Å²) in [5.74, 6) is 59.9. The fraction of sp³-hybridized carbons (Fsp3) is 0.291.